The van der Waals surface area contributed by atoms with Gasteiger partial charge in [0.1, 0.15) is 5.60 Å². The molecule has 2 aromatic carbocycles. The molecule has 0 radical (unpaired) electrons. The SMILES string of the molecule is CC1(c2nc(-c3ccccc3)nn2-c2ccc(S(C)(=O)=O)cc2)CCCO1. The Morgan fingerprint density at radius 3 is 2.37 bits per heavy atom. The van der Waals surface area contributed by atoms with Gasteiger partial charge >= 0.3 is 0 Å². The second-order valence-corrected chi connectivity index (χ2v) is 9.00. The number of nitrogens with zero attached hydrogens (tertiary/aromatic N) is 3. The summed E-state index contributed by atoms with van der Waals surface area (Å²) >= 11 is 0. The zero-order chi connectivity index (χ0) is 19.1. The van der Waals surface area contributed by atoms with Crippen LogP contribution in [0.5, 0.6) is 0 Å². The minimum atomic E-state index is -3.25. The number of sulfone groups is 1. The van der Waals surface area contributed by atoms with Gasteiger partial charge in [-0.1, -0.05) is 30.3 Å². The zero-order valence-corrected chi connectivity index (χ0v) is 16.1. The van der Waals surface area contributed by atoms with Gasteiger partial charge in [0.2, 0.25) is 0 Å². The molecular formula is C20H21N3O3S. The summed E-state index contributed by atoms with van der Waals surface area (Å²) in [5, 5.41) is 4.71. The first kappa shape index (κ1) is 17.9. The van der Waals surface area contributed by atoms with Crippen molar-refractivity contribution in [1.82, 2.24) is 14.8 Å². The zero-order valence-electron chi connectivity index (χ0n) is 15.3. The third-order valence-electron chi connectivity index (χ3n) is 4.84. The maximum atomic E-state index is 11.7. The molecule has 27 heavy (non-hydrogen) atoms. The number of rotatable bonds is 4. The van der Waals surface area contributed by atoms with Crippen LogP contribution < -0.4 is 0 Å². The first-order valence-corrected chi connectivity index (χ1v) is 10.7. The van der Waals surface area contributed by atoms with Crippen LogP contribution in [-0.2, 0) is 20.2 Å². The summed E-state index contributed by atoms with van der Waals surface area (Å²) in [6, 6.07) is 16.5. The van der Waals surface area contributed by atoms with E-state index in [0.717, 1.165) is 29.9 Å². The molecule has 0 bridgehead atoms. The Morgan fingerprint density at radius 2 is 1.78 bits per heavy atom. The van der Waals surface area contributed by atoms with Gasteiger partial charge in [0.25, 0.3) is 0 Å². The molecule has 1 saturated heterocycles. The van der Waals surface area contributed by atoms with Gasteiger partial charge in [0.05, 0.1) is 10.6 Å². The molecule has 6 nitrogen and oxygen atoms in total. The number of aromatic nitrogens is 3. The highest BCUT2D eigenvalue weighted by atomic mass is 32.2. The van der Waals surface area contributed by atoms with Gasteiger partial charge in [-0.15, -0.1) is 5.10 Å². The molecule has 4 rings (SSSR count). The van der Waals surface area contributed by atoms with E-state index in [9.17, 15) is 8.42 Å². The molecule has 1 aliphatic heterocycles. The molecule has 1 unspecified atom stereocenters. The first-order chi connectivity index (χ1) is 12.9. The molecule has 1 atom stereocenters. The Balaban J connectivity index is 1.84. The van der Waals surface area contributed by atoms with Gasteiger partial charge in [-0.2, -0.15) is 0 Å². The molecule has 1 fully saturated rings. The number of ether oxygens (including phenoxy) is 1. The summed E-state index contributed by atoms with van der Waals surface area (Å²) < 4.78 is 31.2. The van der Waals surface area contributed by atoms with Crippen LogP contribution in [0.4, 0.5) is 0 Å². The largest absolute Gasteiger partial charge is 0.367 e. The minimum absolute atomic E-state index is 0.277. The standard InChI is InChI=1S/C20H21N3O3S/c1-20(13-6-14-26-20)19-21-18(15-7-4-3-5-8-15)22-23(19)16-9-11-17(12-10-16)27(2,24)25/h3-5,7-12H,6,13-14H2,1-2H3. The highest BCUT2D eigenvalue weighted by molar-refractivity contribution is 7.90. The van der Waals surface area contributed by atoms with E-state index in [1.807, 2.05) is 37.3 Å². The molecule has 0 amide bonds. The van der Waals surface area contributed by atoms with E-state index in [0.29, 0.717) is 12.4 Å². The van der Waals surface area contributed by atoms with Crippen LogP contribution >= 0.6 is 0 Å². The van der Waals surface area contributed by atoms with Crippen molar-refractivity contribution in [2.75, 3.05) is 12.9 Å². The summed E-state index contributed by atoms with van der Waals surface area (Å²) in [6.07, 6.45) is 3.03. The van der Waals surface area contributed by atoms with Crippen molar-refractivity contribution >= 4 is 9.84 Å². The Labute approximate surface area is 158 Å². The molecule has 1 aromatic heterocycles. The van der Waals surface area contributed by atoms with Crippen LogP contribution in [0, 0.1) is 0 Å². The van der Waals surface area contributed by atoms with Gasteiger partial charge in [-0.25, -0.2) is 18.1 Å². The van der Waals surface area contributed by atoms with E-state index >= 15 is 0 Å². The Hall–Kier alpha value is -2.51. The molecule has 7 heteroatoms. The van der Waals surface area contributed by atoms with E-state index in [1.165, 1.54) is 6.26 Å². The van der Waals surface area contributed by atoms with Crippen molar-refractivity contribution in [1.29, 1.82) is 0 Å². The van der Waals surface area contributed by atoms with Crippen molar-refractivity contribution < 1.29 is 13.2 Å². The van der Waals surface area contributed by atoms with Crippen molar-refractivity contribution in [3.63, 3.8) is 0 Å². The maximum absolute atomic E-state index is 11.7. The van der Waals surface area contributed by atoms with Crippen molar-refractivity contribution in [2.45, 2.75) is 30.3 Å². The van der Waals surface area contributed by atoms with Crippen molar-refractivity contribution in [2.24, 2.45) is 0 Å². The normalized spacial score (nSPS) is 20.1. The number of hydrogen-bond donors (Lipinski definition) is 0. The van der Waals surface area contributed by atoms with Crippen LogP contribution in [0.2, 0.25) is 0 Å². The molecule has 140 valence electrons. The fourth-order valence-electron chi connectivity index (χ4n) is 3.33. The predicted octanol–water partition coefficient (Wildman–Crippen LogP) is 3.36. The summed E-state index contributed by atoms with van der Waals surface area (Å²) in [4.78, 5) is 5.07. The topological polar surface area (TPSA) is 74.1 Å². The fourth-order valence-corrected chi connectivity index (χ4v) is 3.96. The third kappa shape index (κ3) is 3.40. The van der Waals surface area contributed by atoms with Crippen LogP contribution in [0.15, 0.2) is 59.5 Å². The van der Waals surface area contributed by atoms with Crippen LogP contribution in [0.1, 0.15) is 25.6 Å². The summed E-state index contributed by atoms with van der Waals surface area (Å²) in [7, 11) is -3.25. The van der Waals surface area contributed by atoms with E-state index < -0.39 is 15.4 Å². The molecule has 0 N–H and O–H groups in total. The average molecular weight is 383 g/mol. The fraction of sp³-hybridized carbons (Fsp3) is 0.300. The van der Waals surface area contributed by atoms with Crippen molar-refractivity contribution in [3.8, 4) is 17.1 Å². The Morgan fingerprint density at radius 1 is 1.07 bits per heavy atom. The van der Waals surface area contributed by atoms with Crippen LogP contribution in [0.3, 0.4) is 0 Å². The van der Waals surface area contributed by atoms with E-state index in [1.54, 1.807) is 28.9 Å². The highest BCUT2D eigenvalue weighted by Gasteiger charge is 2.37. The molecule has 0 spiro atoms. The molecule has 0 saturated carbocycles. The Bertz CT molecular complexity index is 1050. The summed E-state index contributed by atoms with van der Waals surface area (Å²) in [5.41, 5.74) is 1.16. The predicted molar refractivity (Wildman–Crippen MR) is 102 cm³/mol. The van der Waals surface area contributed by atoms with E-state index in [4.69, 9.17) is 14.8 Å². The van der Waals surface area contributed by atoms with Crippen LogP contribution in [0.25, 0.3) is 17.1 Å². The summed E-state index contributed by atoms with van der Waals surface area (Å²) in [5.74, 6) is 1.35. The first-order valence-electron chi connectivity index (χ1n) is 8.84. The molecule has 2 heterocycles. The summed E-state index contributed by atoms with van der Waals surface area (Å²) in [6.45, 7) is 2.72. The average Bonchev–Trinajstić information content (AvgIpc) is 3.30. The van der Waals surface area contributed by atoms with Gasteiger partial charge in [0.15, 0.2) is 21.5 Å². The highest BCUT2D eigenvalue weighted by Crippen LogP contribution is 2.36. The van der Waals surface area contributed by atoms with Crippen LogP contribution in [-0.4, -0.2) is 36.0 Å². The second-order valence-electron chi connectivity index (χ2n) is 6.99. The second kappa shape index (κ2) is 6.58. The maximum Gasteiger partial charge on any atom is 0.181 e. The lowest BCUT2D eigenvalue weighted by molar-refractivity contribution is 0.00768. The van der Waals surface area contributed by atoms with Gasteiger partial charge < -0.3 is 4.74 Å². The number of benzene rings is 2. The smallest absolute Gasteiger partial charge is 0.181 e. The lowest BCUT2D eigenvalue weighted by atomic mass is 10.0. The van der Waals surface area contributed by atoms with Gasteiger partial charge in [-0.05, 0) is 44.0 Å². The Kier molecular flexibility index (Phi) is 4.36. The lowest BCUT2D eigenvalue weighted by Crippen LogP contribution is -2.25. The van der Waals surface area contributed by atoms with E-state index in [2.05, 4.69) is 0 Å². The lowest BCUT2D eigenvalue weighted by Gasteiger charge is -2.22. The monoisotopic (exact) mass is 383 g/mol. The third-order valence-corrected chi connectivity index (χ3v) is 5.97. The number of hydrogen-bond acceptors (Lipinski definition) is 5. The molecular weight excluding hydrogens is 362 g/mol. The van der Waals surface area contributed by atoms with Crippen molar-refractivity contribution in [3.05, 3.63) is 60.4 Å². The molecule has 1 aliphatic rings. The molecule has 3 aromatic rings. The van der Waals surface area contributed by atoms with Gasteiger partial charge in [0, 0.05) is 18.4 Å². The minimum Gasteiger partial charge on any atom is -0.367 e. The van der Waals surface area contributed by atoms with Gasteiger partial charge in [-0.3, -0.25) is 0 Å². The quantitative estimate of drug-likeness (QED) is 0.691. The van der Waals surface area contributed by atoms with E-state index in [-0.39, 0.29) is 4.90 Å². The molecule has 0 aliphatic carbocycles.